The molecule has 0 aromatic heterocycles. The first-order chi connectivity index (χ1) is 6.75. The maximum atomic E-state index is 11.5. The molecule has 0 bridgehead atoms. The fraction of sp³-hybridized carbons (Fsp3) is 0.900. The van der Waals surface area contributed by atoms with Crippen molar-refractivity contribution >= 4 is 5.91 Å². The Kier molecular flexibility index (Phi) is 7.42. The maximum Gasteiger partial charge on any atom is 0.252 e. The van der Waals surface area contributed by atoms with Crippen molar-refractivity contribution in [1.82, 2.24) is 10.2 Å². The first-order valence-electron chi connectivity index (χ1n) is 5.33. The van der Waals surface area contributed by atoms with Gasteiger partial charge in [0.1, 0.15) is 6.10 Å². The van der Waals surface area contributed by atoms with E-state index < -0.39 is 0 Å². The fourth-order valence-corrected chi connectivity index (χ4v) is 1.13. The molecule has 1 unspecified atom stereocenters. The molecular weight excluding hydrogens is 180 g/mol. The zero-order valence-electron chi connectivity index (χ0n) is 9.67. The van der Waals surface area contributed by atoms with Gasteiger partial charge in [-0.05, 0) is 6.92 Å². The van der Waals surface area contributed by atoms with Crippen molar-refractivity contribution in [2.75, 3.05) is 33.3 Å². The molecule has 0 spiro atoms. The molecule has 4 heteroatoms. The van der Waals surface area contributed by atoms with Crippen LogP contribution in [0, 0.1) is 0 Å². The van der Waals surface area contributed by atoms with E-state index in [4.69, 9.17) is 4.74 Å². The summed E-state index contributed by atoms with van der Waals surface area (Å²) in [6.45, 7) is 8.81. The van der Waals surface area contributed by atoms with Gasteiger partial charge in [0.15, 0.2) is 0 Å². The molecule has 1 aliphatic heterocycles. The number of hydrogen-bond acceptors (Lipinski definition) is 3. The maximum absolute atomic E-state index is 11.5. The molecule has 1 aliphatic rings. The summed E-state index contributed by atoms with van der Waals surface area (Å²) in [5.41, 5.74) is 0. The van der Waals surface area contributed by atoms with Gasteiger partial charge in [-0.3, -0.25) is 4.79 Å². The number of carbonyl (C=O) groups excluding carboxylic acids is 1. The monoisotopic (exact) mass is 202 g/mol. The van der Waals surface area contributed by atoms with Crippen LogP contribution in [-0.2, 0) is 9.53 Å². The molecule has 1 atom stereocenters. The third-order valence-electron chi connectivity index (χ3n) is 2.05. The number of nitrogens with zero attached hydrogens (tertiary/aromatic N) is 1. The van der Waals surface area contributed by atoms with Crippen molar-refractivity contribution < 1.29 is 9.53 Å². The Hall–Kier alpha value is -0.610. The number of nitrogens with one attached hydrogen (secondary N) is 1. The van der Waals surface area contributed by atoms with Gasteiger partial charge in [0.05, 0.1) is 6.61 Å². The van der Waals surface area contributed by atoms with Crippen molar-refractivity contribution in [3.05, 3.63) is 0 Å². The number of hydrogen-bond donors (Lipinski definition) is 1. The van der Waals surface area contributed by atoms with E-state index in [2.05, 4.69) is 5.32 Å². The summed E-state index contributed by atoms with van der Waals surface area (Å²) < 4.78 is 5.31. The lowest BCUT2D eigenvalue weighted by Crippen LogP contribution is -2.48. The Morgan fingerprint density at radius 3 is 2.64 bits per heavy atom. The Morgan fingerprint density at radius 1 is 1.57 bits per heavy atom. The van der Waals surface area contributed by atoms with Crippen LogP contribution in [0.3, 0.4) is 0 Å². The SMILES string of the molecule is CC.CCN(C)C(=O)C1CNCCO1. The van der Waals surface area contributed by atoms with Crippen LogP contribution in [-0.4, -0.2) is 50.2 Å². The predicted molar refractivity (Wildman–Crippen MR) is 57.3 cm³/mol. The number of rotatable bonds is 2. The van der Waals surface area contributed by atoms with E-state index in [9.17, 15) is 4.79 Å². The minimum Gasteiger partial charge on any atom is -0.366 e. The highest BCUT2D eigenvalue weighted by Gasteiger charge is 2.23. The zero-order chi connectivity index (χ0) is 11.0. The number of amides is 1. The van der Waals surface area contributed by atoms with Crippen LogP contribution in [0.15, 0.2) is 0 Å². The smallest absolute Gasteiger partial charge is 0.252 e. The molecule has 0 aromatic rings. The van der Waals surface area contributed by atoms with Gasteiger partial charge in [-0.15, -0.1) is 0 Å². The Bertz CT molecular complexity index is 156. The quantitative estimate of drug-likeness (QED) is 0.708. The Labute approximate surface area is 86.6 Å². The molecule has 1 heterocycles. The third-order valence-corrected chi connectivity index (χ3v) is 2.05. The molecule has 0 aliphatic carbocycles. The van der Waals surface area contributed by atoms with E-state index in [-0.39, 0.29) is 12.0 Å². The van der Waals surface area contributed by atoms with Crippen molar-refractivity contribution in [1.29, 1.82) is 0 Å². The largest absolute Gasteiger partial charge is 0.366 e. The number of morpholine rings is 1. The molecule has 1 N–H and O–H groups in total. The average molecular weight is 202 g/mol. The minimum absolute atomic E-state index is 0.0738. The molecule has 84 valence electrons. The van der Waals surface area contributed by atoms with Crippen LogP contribution in [0.4, 0.5) is 0 Å². The first-order valence-corrected chi connectivity index (χ1v) is 5.33. The van der Waals surface area contributed by atoms with Gasteiger partial charge in [-0.1, -0.05) is 13.8 Å². The molecule has 1 fully saturated rings. The summed E-state index contributed by atoms with van der Waals surface area (Å²) >= 11 is 0. The van der Waals surface area contributed by atoms with Crippen molar-refractivity contribution in [3.8, 4) is 0 Å². The first kappa shape index (κ1) is 13.4. The van der Waals surface area contributed by atoms with Gasteiger partial charge in [-0.25, -0.2) is 0 Å². The van der Waals surface area contributed by atoms with Crippen molar-refractivity contribution in [2.45, 2.75) is 26.9 Å². The highest BCUT2D eigenvalue weighted by Crippen LogP contribution is 2.00. The minimum atomic E-state index is -0.274. The van der Waals surface area contributed by atoms with Crippen LogP contribution in [0.1, 0.15) is 20.8 Å². The highest BCUT2D eigenvalue weighted by atomic mass is 16.5. The van der Waals surface area contributed by atoms with E-state index in [1.54, 1.807) is 11.9 Å². The summed E-state index contributed by atoms with van der Waals surface area (Å²) in [7, 11) is 1.79. The van der Waals surface area contributed by atoms with Gasteiger partial charge in [0, 0.05) is 26.7 Å². The second-order valence-electron chi connectivity index (χ2n) is 2.92. The third kappa shape index (κ3) is 4.07. The molecule has 1 rings (SSSR count). The normalized spacial score (nSPS) is 20.7. The van der Waals surface area contributed by atoms with Gasteiger partial charge in [0.25, 0.3) is 5.91 Å². The number of likely N-dealkylation sites (N-methyl/N-ethyl adjacent to an activating group) is 1. The van der Waals surface area contributed by atoms with Gasteiger partial charge < -0.3 is 15.0 Å². The van der Waals surface area contributed by atoms with Crippen LogP contribution < -0.4 is 5.32 Å². The molecular formula is C10H22N2O2. The number of carbonyl (C=O) groups is 1. The van der Waals surface area contributed by atoms with E-state index >= 15 is 0 Å². The van der Waals surface area contributed by atoms with Gasteiger partial charge in [0.2, 0.25) is 0 Å². The second kappa shape index (κ2) is 7.76. The molecule has 4 nitrogen and oxygen atoms in total. The van der Waals surface area contributed by atoms with E-state index in [0.29, 0.717) is 13.2 Å². The molecule has 1 saturated heterocycles. The average Bonchev–Trinajstić information content (AvgIpc) is 2.31. The summed E-state index contributed by atoms with van der Waals surface area (Å²) in [5, 5.41) is 3.12. The molecule has 0 aromatic carbocycles. The standard InChI is InChI=1S/C8H16N2O2.C2H6/c1-3-10(2)8(11)7-6-9-4-5-12-7;1-2/h7,9H,3-6H2,1-2H3;1-2H3. The van der Waals surface area contributed by atoms with Crippen LogP contribution in [0.5, 0.6) is 0 Å². The van der Waals surface area contributed by atoms with Gasteiger partial charge >= 0.3 is 0 Å². The molecule has 1 amide bonds. The second-order valence-corrected chi connectivity index (χ2v) is 2.92. The Morgan fingerprint density at radius 2 is 2.21 bits per heavy atom. The molecule has 14 heavy (non-hydrogen) atoms. The molecule has 0 saturated carbocycles. The lowest BCUT2D eigenvalue weighted by molar-refractivity contribution is -0.143. The topological polar surface area (TPSA) is 41.6 Å². The molecule has 0 radical (unpaired) electrons. The summed E-state index contributed by atoms with van der Waals surface area (Å²) in [6.07, 6.45) is -0.274. The summed E-state index contributed by atoms with van der Waals surface area (Å²) in [6, 6.07) is 0. The predicted octanol–water partition coefficient (Wildman–Crippen LogP) is 0.479. The van der Waals surface area contributed by atoms with Crippen LogP contribution in [0.25, 0.3) is 0 Å². The van der Waals surface area contributed by atoms with Crippen molar-refractivity contribution in [3.63, 3.8) is 0 Å². The fourth-order valence-electron chi connectivity index (χ4n) is 1.13. The van der Waals surface area contributed by atoms with E-state index in [1.807, 2.05) is 20.8 Å². The van der Waals surface area contributed by atoms with E-state index in [1.165, 1.54) is 0 Å². The van der Waals surface area contributed by atoms with Crippen molar-refractivity contribution in [2.24, 2.45) is 0 Å². The summed E-state index contributed by atoms with van der Waals surface area (Å²) in [5.74, 6) is 0.0738. The van der Waals surface area contributed by atoms with E-state index in [0.717, 1.165) is 13.1 Å². The van der Waals surface area contributed by atoms with Crippen LogP contribution >= 0.6 is 0 Å². The highest BCUT2D eigenvalue weighted by molar-refractivity contribution is 5.81. The van der Waals surface area contributed by atoms with Crippen LogP contribution in [0.2, 0.25) is 0 Å². The summed E-state index contributed by atoms with van der Waals surface area (Å²) in [4.78, 5) is 13.2. The lowest BCUT2D eigenvalue weighted by Gasteiger charge is -2.26. The van der Waals surface area contributed by atoms with Gasteiger partial charge in [-0.2, -0.15) is 0 Å². The zero-order valence-corrected chi connectivity index (χ0v) is 9.67. The Balaban J connectivity index is 0.000000791. The lowest BCUT2D eigenvalue weighted by atomic mass is 10.2. The number of ether oxygens (including phenoxy) is 1.